The third kappa shape index (κ3) is 6.17. The molecule has 0 fully saturated rings. The standard InChI is InChI=1S/C29H30FN3O5S/c1-29(2,3)31-27(35)24(17-20-11-5-4-6-12-20)32(18-21-13-7-9-15-23(21)30)26(34)19-33-28(36)22-14-8-10-16-25(22)39(33,37)38/h4-16,24H,17-19H2,1-3H3,(H,31,35)/t24-/m1/s1. The Kier molecular flexibility index (Phi) is 7.87. The predicted molar refractivity (Wildman–Crippen MR) is 143 cm³/mol. The summed E-state index contributed by atoms with van der Waals surface area (Å²) in [6.07, 6.45) is 0.0872. The van der Waals surface area contributed by atoms with Crippen molar-refractivity contribution in [1.82, 2.24) is 14.5 Å². The molecule has 0 radical (unpaired) electrons. The summed E-state index contributed by atoms with van der Waals surface area (Å²) in [5.41, 5.74) is 0.216. The number of fused-ring (bicyclic) bond motifs is 1. The first-order valence-electron chi connectivity index (χ1n) is 12.4. The lowest BCUT2D eigenvalue weighted by molar-refractivity contribution is -0.141. The van der Waals surface area contributed by atoms with Crippen molar-refractivity contribution in [1.29, 1.82) is 0 Å². The van der Waals surface area contributed by atoms with E-state index in [-0.39, 0.29) is 29.0 Å². The van der Waals surface area contributed by atoms with Gasteiger partial charge in [-0.3, -0.25) is 14.4 Å². The van der Waals surface area contributed by atoms with E-state index in [2.05, 4.69) is 5.32 Å². The first-order chi connectivity index (χ1) is 18.4. The molecule has 39 heavy (non-hydrogen) atoms. The quantitative estimate of drug-likeness (QED) is 0.462. The number of benzene rings is 3. The number of sulfonamides is 1. The second kappa shape index (κ2) is 11.0. The topological polar surface area (TPSA) is 104 Å². The fraction of sp³-hybridized carbons (Fsp3) is 0.276. The number of nitrogens with zero attached hydrogens (tertiary/aromatic N) is 2. The van der Waals surface area contributed by atoms with Crippen LogP contribution in [0, 0.1) is 5.82 Å². The summed E-state index contributed by atoms with van der Waals surface area (Å²) in [4.78, 5) is 41.4. The SMILES string of the molecule is CC(C)(C)NC(=O)[C@@H](Cc1ccccc1)N(Cc1ccccc1F)C(=O)CN1C(=O)c2ccccc2S1(=O)=O. The molecule has 204 valence electrons. The van der Waals surface area contributed by atoms with Crippen LogP contribution >= 0.6 is 0 Å². The number of halogens is 1. The van der Waals surface area contributed by atoms with Gasteiger partial charge in [-0.2, -0.15) is 0 Å². The average Bonchev–Trinajstić information content (AvgIpc) is 3.07. The molecule has 1 heterocycles. The van der Waals surface area contributed by atoms with E-state index in [1.807, 2.05) is 6.07 Å². The molecular formula is C29H30FN3O5S. The maximum Gasteiger partial charge on any atom is 0.269 e. The van der Waals surface area contributed by atoms with Gasteiger partial charge in [0.25, 0.3) is 15.9 Å². The third-order valence-corrected chi connectivity index (χ3v) is 8.05. The number of hydrogen-bond acceptors (Lipinski definition) is 5. The van der Waals surface area contributed by atoms with E-state index >= 15 is 0 Å². The molecule has 1 N–H and O–H groups in total. The van der Waals surface area contributed by atoms with Gasteiger partial charge in [0, 0.05) is 24.1 Å². The summed E-state index contributed by atoms with van der Waals surface area (Å²) in [6, 6.07) is 19.4. The van der Waals surface area contributed by atoms with Gasteiger partial charge in [-0.1, -0.05) is 60.7 Å². The fourth-order valence-corrected chi connectivity index (χ4v) is 5.94. The van der Waals surface area contributed by atoms with Crippen LogP contribution in [0.4, 0.5) is 4.39 Å². The highest BCUT2D eigenvalue weighted by Crippen LogP contribution is 2.30. The normalized spacial score (nSPS) is 15.0. The summed E-state index contributed by atoms with van der Waals surface area (Å²) >= 11 is 0. The van der Waals surface area contributed by atoms with Crippen LogP contribution in [0.2, 0.25) is 0 Å². The molecule has 3 aromatic carbocycles. The van der Waals surface area contributed by atoms with Crippen LogP contribution in [0.15, 0.2) is 83.8 Å². The first kappa shape index (κ1) is 28.0. The number of rotatable bonds is 8. The molecule has 0 aliphatic carbocycles. The van der Waals surface area contributed by atoms with Crippen molar-refractivity contribution in [3.63, 3.8) is 0 Å². The number of carbonyl (C=O) groups is 3. The van der Waals surface area contributed by atoms with Gasteiger partial charge >= 0.3 is 0 Å². The van der Waals surface area contributed by atoms with Gasteiger partial charge in [-0.05, 0) is 44.5 Å². The molecular weight excluding hydrogens is 521 g/mol. The van der Waals surface area contributed by atoms with E-state index in [0.29, 0.717) is 4.31 Å². The van der Waals surface area contributed by atoms with Gasteiger partial charge in [0.1, 0.15) is 23.3 Å². The van der Waals surface area contributed by atoms with E-state index in [1.54, 1.807) is 51.1 Å². The highest BCUT2D eigenvalue weighted by atomic mass is 32.2. The molecule has 3 amide bonds. The molecule has 0 saturated heterocycles. The van der Waals surface area contributed by atoms with E-state index in [0.717, 1.165) is 10.5 Å². The van der Waals surface area contributed by atoms with Crippen LogP contribution in [0.3, 0.4) is 0 Å². The minimum absolute atomic E-state index is 0.0303. The summed E-state index contributed by atoms with van der Waals surface area (Å²) in [5, 5.41) is 2.88. The monoisotopic (exact) mass is 551 g/mol. The zero-order chi connectivity index (χ0) is 28.4. The number of hydrogen-bond donors (Lipinski definition) is 1. The van der Waals surface area contributed by atoms with Crippen molar-refractivity contribution in [2.24, 2.45) is 0 Å². The second-order valence-electron chi connectivity index (χ2n) is 10.4. The molecule has 1 atom stereocenters. The van der Waals surface area contributed by atoms with E-state index in [1.165, 1.54) is 42.5 Å². The summed E-state index contributed by atoms with van der Waals surface area (Å²) in [7, 11) is -4.28. The van der Waals surface area contributed by atoms with E-state index in [9.17, 15) is 27.2 Å². The van der Waals surface area contributed by atoms with Crippen molar-refractivity contribution in [2.45, 2.75) is 50.2 Å². The predicted octanol–water partition coefficient (Wildman–Crippen LogP) is 3.53. The molecule has 10 heteroatoms. The molecule has 4 rings (SSSR count). The van der Waals surface area contributed by atoms with Crippen molar-refractivity contribution in [3.05, 3.63) is 101 Å². The molecule has 0 spiro atoms. The Hall–Kier alpha value is -4.05. The van der Waals surface area contributed by atoms with Crippen molar-refractivity contribution in [2.75, 3.05) is 6.54 Å². The van der Waals surface area contributed by atoms with E-state index in [4.69, 9.17) is 0 Å². The van der Waals surface area contributed by atoms with Gasteiger partial charge < -0.3 is 10.2 Å². The third-order valence-electron chi connectivity index (χ3n) is 6.26. The lowest BCUT2D eigenvalue weighted by atomic mass is 10.0. The highest BCUT2D eigenvalue weighted by Gasteiger charge is 2.43. The molecule has 1 aliphatic heterocycles. The number of carbonyl (C=O) groups excluding carboxylic acids is 3. The maximum atomic E-state index is 14.7. The smallest absolute Gasteiger partial charge is 0.269 e. The Morgan fingerprint density at radius 1 is 0.949 bits per heavy atom. The Balaban J connectivity index is 1.74. The Bertz CT molecular complexity index is 1500. The molecule has 0 unspecified atom stereocenters. The van der Waals surface area contributed by atoms with Crippen LogP contribution < -0.4 is 5.32 Å². The van der Waals surface area contributed by atoms with Crippen LogP contribution in [-0.2, 0) is 32.6 Å². The Morgan fingerprint density at radius 3 is 2.21 bits per heavy atom. The number of amides is 3. The van der Waals surface area contributed by atoms with Gasteiger partial charge in [0.05, 0.1) is 5.56 Å². The van der Waals surface area contributed by atoms with Gasteiger partial charge in [-0.15, -0.1) is 0 Å². The van der Waals surface area contributed by atoms with Gasteiger partial charge in [-0.25, -0.2) is 17.1 Å². The van der Waals surface area contributed by atoms with Gasteiger partial charge in [0.15, 0.2) is 0 Å². The lowest BCUT2D eigenvalue weighted by Gasteiger charge is -2.34. The number of nitrogens with one attached hydrogen (secondary N) is 1. The minimum Gasteiger partial charge on any atom is -0.350 e. The van der Waals surface area contributed by atoms with Crippen molar-refractivity contribution in [3.8, 4) is 0 Å². The minimum atomic E-state index is -4.28. The Labute approximate surface area is 227 Å². The summed E-state index contributed by atoms with van der Waals surface area (Å²) < 4.78 is 41.5. The first-order valence-corrected chi connectivity index (χ1v) is 13.9. The van der Waals surface area contributed by atoms with Crippen LogP contribution in [0.25, 0.3) is 0 Å². The van der Waals surface area contributed by atoms with Crippen LogP contribution in [-0.4, -0.2) is 53.5 Å². The second-order valence-corrected chi connectivity index (χ2v) is 12.2. The van der Waals surface area contributed by atoms with Crippen LogP contribution in [0.5, 0.6) is 0 Å². The zero-order valence-electron chi connectivity index (χ0n) is 21.9. The molecule has 0 bridgehead atoms. The average molecular weight is 552 g/mol. The molecule has 0 aromatic heterocycles. The summed E-state index contributed by atoms with van der Waals surface area (Å²) in [6.45, 7) is 4.23. The molecule has 3 aromatic rings. The van der Waals surface area contributed by atoms with Gasteiger partial charge in [0.2, 0.25) is 11.8 Å². The molecule has 0 saturated carbocycles. The summed E-state index contributed by atoms with van der Waals surface area (Å²) in [5.74, 6) is -2.71. The Morgan fingerprint density at radius 2 is 1.56 bits per heavy atom. The maximum absolute atomic E-state index is 14.7. The van der Waals surface area contributed by atoms with Crippen molar-refractivity contribution < 1.29 is 27.2 Å². The largest absolute Gasteiger partial charge is 0.350 e. The zero-order valence-corrected chi connectivity index (χ0v) is 22.7. The fourth-order valence-electron chi connectivity index (χ4n) is 4.42. The van der Waals surface area contributed by atoms with Crippen LogP contribution in [0.1, 0.15) is 42.3 Å². The van der Waals surface area contributed by atoms with Crippen molar-refractivity contribution >= 4 is 27.7 Å². The highest BCUT2D eigenvalue weighted by molar-refractivity contribution is 7.90. The lowest BCUT2D eigenvalue weighted by Crippen LogP contribution is -2.56. The molecule has 1 aliphatic rings. The van der Waals surface area contributed by atoms with E-state index < -0.39 is 51.7 Å². The molecule has 8 nitrogen and oxygen atoms in total.